The second-order valence-corrected chi connectivity index (χ2v) is 5.79. The molecule has 0 fully saturated rings. The Morgan fingerprint density at radius 1 is 0.958 bits per heavy atom. The molecule has 0 aromatic heterocycles. The van der Waals surface area contributed by atoms with Gasteiger partial charge in [-0.05, 0) is 36.1 Å². The number of aryl methyl sites for hydroxylation is 1. The number of carbonyl (C=O) groups excluding carboxylic acids is 1. The van der Waals surface area contributed by atoms with Crippen LogP contribution < -0.4 is 5.73 Å². The molecular formula is C20H27ClN2O. The topological polar surface area (TPSA) is 46.3 Å². The van der Waals surface area contributed by atoms with Crippen LogP contribution in [-0.4, -0.2) is 23.9 Å². The summed E-state index contributed by atoms with van der Waals surface area (Å²) in [7, 11) is 0. The highest BCUT2D eigenvalue weighted by Gasteiger charge is 2.14. The van der Waals surface area contributed by atoms with Crippen LogP contribution in [0.2, 0.25) is 0 Å². The summed E-state index contributed by atoms with van der Waals surface area (Å²) in [5.41, 5.74) is 9.13. The summed E-state index contributed by atoms with van der Waals surface area (Å²) < 4.78 is 0. The van der Waals surface area contributed by atoms with Crippen LogP contribution in [0.4, 0.5) is 0 Å². The standard InChI is InChI=1S/C20H26N2O.ClH/c1-2-17-9-11-18(12-10-17)15-20(23)22(14-6-13-21)16-19-7-4-3-5-8-19;/h3-5,7-12H,2,6,13-16,21H2,1H3;1H. The van der Waals surface area contributed by atoms with Crippen molar-refractivity contribution in [2.45, 2.75) is 32.7 Å². The lowest BCUT2D eigenvalue weighted by atomic mass is 10.1. The van der Waals surface area contributed by atoms with E-state index in [1.807, 2.05) is 23.1 Å². The minimum absolute atomic E-state index is 0. The summed E-state index contributed by atoms with van der Waals surface area (Å²) in [6.07, 6.45) is 2.29. The molecule has 4 heteroatoms. The van der Waals surface area contributed by atoms with Gasteiger partial charge >= 0.3 is 0 Å². The molecule has 0 saturated carbocycles. The van der Waals surface area contributed by atoms with E-state index in [0.29, 0.717) is 26.1 Å². The minimum Gasteiger partial charge on any atom is -0.338 e. The maximum Gasteiger partial charge on any atom is 0.227 e. The molecule has 0 bridgehead atoms. The molecule has 0 spiro atoms. The molecule has 3 nitrogen and oxygen atoms in total. The SMILES string of the molecule is CCc1ccc(CC(=O)N(CCCN)Cc2ccccc2)cc1.Cl. The number of nitrogens with zero attached hydrogens (tertiary/aromatic N) is 1. The second-order valence-electron chi connectivity index (χ2n) is 5.79. The zero-order chi connectivity index (χ0) is 16.5. The van der Waals surface area contributed by atoms with Gasteiger partial charge in [0.15, 0.2) is 0 Å². The fourth-order valence-electron chi connectivity index (χ4n) is 2.56. The van der Waals surface area contributed by atoms with Gasteiger partial charge in [0.05, 0.1) is 6.42 Å². The van der Waals surface area contributed by atoms with Gasteiger partial charge in [0.25, 0.3) is 0 Å². The van der Waals surface area contributed by atoms with Crippen molar-refractivity contribution < 1.29 is 4.79 Å². The predicted octanol–water partition coefficient (Wildman–Crippen LogP) is 3.59. The van der Waals surface area contributed by atoms with Gasteiger partial charge in [-0.3, -0.25) is 4.79 Å². The second kappa shape index (κ2) is 10.8. The van der Waals surface area contributed by atoms with Crippen LogP contribution >= 0.6 is 12.4 Å². The molecule has 0 saturated heterocycles. The van der Waals surface area contributed by atoms with E-state index in [4.69, 9.17) is 5.73 Å². The van der Waals surface area contributed by atoms with E-state index in [1.54, 1.807) is 0 Å². The molecule has 0 aliphatic carbocycles. The summed E-state index contributed by atoms with van der Waals surface area (Å²) >= 11 is 0. The van der Waals surface area contributed by atoms with Crippen LogP contribution in [0.3, 0.4) is 0 Å². The third-order valence-electron chi connectivity index (χ3n) is 3.99. The number of hydrogen-bond acceptors (Lipinski definition) is 2. The van der Waals surface area contributed by atoms with Crippen molar-refractivity contribution in [2.24, 2.45) is 5.73 Å². The monoisotopic (exact) mass is 346 g/mol. The largest absolute Gasteiger partial charge is 0.338 e. The van der Waals surface area contributed by atoms with Gasteiger partial charge in [-0.2, -0.15) is 0 Å². The van der Waals surface area contributed by atoms with Crippen molar-refractivity contribution in [2.75, 3.05) is 13.1 Å². The molecule has 2 rings (SSSR count). The molecule has 0 aliphatic rings. The molecule has 2 aromatic rings. The Hall–Kier alpha value is -1.84. The molecule has 2 N–H and O–H groups in total. The van der Waals surface area contributed by atoms with E-state index in [0.717, 1.165) is 24.0 Å². The summed E-state index contributed by atoms with van der Waals surface area (Å²) in [5, 5.41) is 0. The third kappa shape index (κ3) is 6.34. The Kier molecular flexibility index (Phi) is 9.13. The van der Waals surface area contributed by atoms with Gasteiger partial charge in [0.2, 0.25) is 5.91 Å². The number of hydrogen-bond donors (Lipinski definition) is 1. The molecule has 2 aromatic carbocycles. The van der Waals surface area contributed by atoms with Gasteiger partial charge < -0.3 is 10.6 Å². The Morgan fingerprint density at radius 2 is 1.58 bits per heavy atom. The first-order chi connectivity index (χ1) is 11.2. The minimum atomic E-state index is 0. The molecule has 0 unspecified atom stereocenters. The van der Waals surface area contributed by atoms with Crippen molar-refractivity contribution in [3.8, 4) is 0 Å². The number of benzene rings is 2. The van der Waals surface area contributed by atoms with E-state index in [2.05, 4.69) is 43.3 Å². The smallest absolute Gasteiger partial charge is 0.227 e. The summed E-state index contributed by atoms with van der Waals surface area (Å²) in [6.45, 7) is 4.09. The lowest BCUT2D eigenvalue weighted by Gasteiger charge is -2.23. The number of carbonyl (C=O) groups is 1. The molecule has 24 heavy (non-hydrogen) atoms. The van der Waals surface area contributed by atoms with Crippen molar-refractivity contribution >= 4 is 18.3 Å². The van der Waals surface area contributed by atoms with Crippen molar-refractivity contribution in [3.63, 3.8) is 0 Å². The van der Waals surface area contributed by atoms with Crippen LogP contribution in [0.25, 0.3) is 0 Å². The van der Waals surface area contributed by atoms with E-state index >= 15 is 0 Å². The summed E-state index contributed by atoms with van der Waals surface area (Å²) in [4.78, 5) is 14.6. The third-order valence-corrected chi connectivity index (χ3v) is 3.99. The quantitative estimate of drug-likeness (QED) is 0.794. The predicted molar refractivity (Wildman–Crippen MR) is 102 cm³/mol. The number of amides is 1. The van der Waals surface area contributed by atoms with Crippen LogP contribution in [0, 0.1) is 0 Å². The van der Waals surface area contributed by atoms with Crippen molar-refractivity contribution in [1.82, 2.24) is 4.90 Å². The van der Waals surface area contributed by atoms with Crippen molar-refractivity contribution in [1.29, 1.82) is 0 Å². The summed E-state index contributed by atoms with van der Waals surface area (Å²) in [5.74, 6) is 0.159. The van der Waals surface area contributed by atoms with Gasteiger partial charge in [-0.1, -0.05) is 61.5 Å². The number of nitrogens with two attached hydrogens (primary N) is 1. The van der Waals surface area contributed by atoms with Crippen LogP contribution in [-0.2, 0) is 24.2 Å². The molecule has 0 radical (unpaired) electrons. The number of halogens is 1. The first-order valence-electron chi connectivity index (χ1n) is 8.32. The highest BCUT2D eigenvalue weighted by Crippen LogP contribution is 2.10. The Morgan fingerprint density at radius 3 is 2.17 bits per heavy atom. The van der Waals surface area contributed by atoms with Crippen LogP contribution in [0.5, 0.6) is 0 Å². The van der Waals surface area contributed by atoms with E-state index in [-0.39, 0.29) is 18.3 Å². The van der Waals surface area contributed by atoms with Gasteiger partial charge in [-0.25, -0.2) is 0 Å². The van der Waals surface area contributed by atoms with E-state index in [1.165, 1.54) is 5.56 Å². The van der Waals surface area contributed by atoms with Crippen LogP contribution in [0.15, 0.2) is 54.6 Å². The lowest BCUT2D eigenvalue weighted by Crippen LogP contribution is -2.33. The maximum absolute atomic E-state index is 12.7. The zero-order valence-corrected chi connectivity index (χ0v) is 15.1. The average Bonchev–Trinajstić information content (AvgIpc) is 2.60. The normalized spacial score (nSPS) is 10.1. The first-order valence-corrected chi connectivity index (χ1v) is 8.32. The molecule has 130 valence electrons. The Labute approximate surface area is 151 Å². The fraction of sp³-hybridized carbons (Fsp3) is 0.350. The highest BCUT2D eigenvalue weighted by atomic mass is 35.5. The van der Waals surface area contributed by atoms with Gasteiger partial charge in [-0.15, -0.1) is 12.4 Å². The molecule has 0 heterocycles. The van der Waals surface area contributed by atoms with Gasteiger partial charge in [0.1, 0.15) is 0 Å². The Balaban J connectivity index is 0.00000288. The number of rotatable bonds is 8. The van der Waals surface area contributed by atoms with Crippen LogP contribution in [0.1, 0.15) is 30.0 Å². The van der Waals surface area contributed by atoms with E-state index in [9.17, 15) is 4.79 Å². The highest BCUT2D eigenvalue weighted by molar-refractivity contribution is 5.85. The average molecular weight is 347 g/mol. The molecular weight excluding hydrogens is 320 g/mol. The molecule has 1 amide bonds. The van der Waals surface area contributed by atoms with Crippen molar-refractivity contribution in [3.05, 3.63) is 71.3 Å². The van der Waals surface area contributed by atoms with Gasteiger partial charge in [0, 0.05) is 13.1 Å². The van der Waals surface area contributed by atoms with E-state index < -0.39 is 0 Å². The molecule has 0 atom stereocenters. The maximum atomic E-state index is 12.7. The fourth-order valence-corrected chi connectivity index (χ4v) is 2.56. The first kappa shape index (κ1) is 20.2. The Bertz CT molecular complexity index is 599. The molecule has 0 aliphatic heterocycles. The zero-order valence-electron chi connectivity index (χ0n) is 14.3. The summed E-state index contributed by atoms with van der Waals surface area (Å²) in [6, 6.07) is 18.4. The lowest BCUT2D eigenvalue weighted by molar-refractivity contribution is -0.131.